The summed E-state index contributed by atoms with van der Waals surface area (Å²) in [6, 6.07) is 10.7. The lowest BCUT2D eigenvalue weighted by atomic mass is 10.0. The van der Waals surface area contributed by atoms with Gasteiger partial charge in [0.2, 0.25) is 0 Å². The van der Waals surface area contributed by atoms with Crippen LogP contribution in [0.4, 0.5) is 0 Å². The maximum absolute atomic E-state index is 9.65. The van der Waals surface area contributed by atoms with Crippen LogP contribution >= 0.6 is 23.2 Å². The van der Waals surface area contributed by atoms with Gasteiger partial charge in [-0.05, 0) is 42.3 Å². The van der Waals surface area contributed by atoms with Crippen molar-refractivity contribution >= 4 is 23.2 Å². The summed E-state index contributed by atoms with van der Waals surface area (Å²) >= 11 is 12.0. The van der Waals surface area contributed by atoms with Gasteiger partial charge in [-0.1, -0.05) is 35.3 Å². The zero-order valence-corrected chi connectivity index (χ0v) is 10.2. The van der Waals surface area contributed by atoms with Crippen LogP contribution in [0.5, 0.6) is 5.75 Å². The molecule has 1 N–H and O–H groups in total. The Hall–Kier alpha value is -1.18. The van der Waals surface area contributed by atoms with Crippen LogP contribution in [0.2, 0.25) is 10.0 Å². The molecule has 0 bridgehead atoms. The van der Waals surface area contributed by atoms with Gasteiger partial charge < -0.3 is 5.11 Å². The van der Waals surface area contributed by atoms with E-state index < -0.39 is 0 Å². The normalized spacial score (nSPS) is 10.4. The van der Waals surface area contributed by atoms with E-state index >= 15 is 0 Å². The highest BCUT2D eigenvalue weighted by Crippen LogP contribution is 2.33. The van der Waals surface area contributed by atoms with Crippen molar-refractivity contribution in [3.63, 3.8) is 0 Å². The number of rotatable bonds is 1. The minimum absolute atomic E-state index is 0.258. The Morgan fingerprint density at radius 1 is 1.00 bits per heavy atom. The second-order valence-electron chi connectivity index (χ2n) is 3.63. The van der Waals surface area contributed by atoms with Crippen LogP contribution in [-0.4, -0.2) is 5.11 Å². The van der Waals surface area contributed by atoms with Crippen LogP contribution in [-0.2, 0) is 0 Å². The van der Waals surface area contributed by atoms with Crippen LogP contribution in [0.3, 0.4) is 0 Å². The third kappa shape index (κ3) is 2.16. The summed E-state index contributed by atoms with van der Waals surface area (Å²) in [5.41, 5.74) is 2.52. The molecule has 0 fully saturated rings. The Kier molecular flexibility index (Phi) is 3.08. The fourth-order valence-corrected chi connectivity index (χ4v) is 1.89. The molecule has 2 aromatic carbocycles. The molecule has 0 amide bonds. The Labute approximate surface area is 104 Å². The summed E-state index contributed by atoms with van der Waals surface area (Å²) in [6.07, 6.45) is 0. The first-order valence-electron chi connectivity index (χ1n) is 4.83. The van der Waals surface area contributed by atoms with Crippen molar-refractivity contribution in [1.82, 2.24) is 0 Å². The molecule has 2 aromatic rings. The zero-order chi connectivity index (χ0) is 11.7. The van der Waals surface area contributed by atoms with Crippen LogP contribution < -0.4 is 0 Å². The molecule has 0 aliphatic carbocycles. The molecule has 82 valence electrons. The first-order chi connectivity index (χ1) is 7.58. The molecule has 3 heteroatoms. The van der Waals surface area contributed by atoms with E-state index in [1.807, 2.05) is 19.1 Å². The van der Waals surface area contributed by atoms with Gasteiger partial charge in [0.1, 0.15) is 5.75 Å². The summed E-state index contributed by atoms with van der Waals surface area (Å²) in [7, 11) is 0. The van der Waals surface area contributed by atoms with E-state index in [1.165, 1.54) is 0 Å². The Morgan fingerprint density at radius 2 is 1.75 bits per heavy atom. The topological polar surface area (TPSA) is 20.2 Å². The number of aromatic hydroxyl groups is 1. The van der Waals surface area contributed by atoms with Gasteiger partial charge in [-0.2, -0.15) is 0 Å². The molecule has 0 saturated heterocycles. The molecule has 0 atom stereocenters. The summed E-state index contributed by atoms with van der Waals surface area (Å²) < 4.78 is 0. The number of hydrogen-bond acceptors (Lipinski definition) is 1. The molecule has 0 saturated carbocycles. The molecule has 0 unspecified atom stereocenters. The largest absolute Gasteiger partial charge is 0.508 e. The first kappa shape index (κ1) is 11.3. The third-order valence-electron chi connectivity index (χ3n) is 2.45. The van der Waals surface area contributed by atoms with Gasteiger partial charge in [-0.15, -0.1) is 0 Å². The SMILES string of the molecule is Cc1ccc(-c2cc(Cl)ccc2Cl)cc1O. The molecule has 0 spiro atoms. The highest BCUT2D eigenvalue weighted by Gasteiger charge is 2.06. The van der Waals surface area contributed by atoms with E-state index in [9.17, 15) is 5.11 Å². The maximum Gasteiger partial charge on any atom is 0.119 e. The highest BCUT2D eigenvalue weighted by molar-refractivity contribution is 6.35. The van der Waals surface area contributed by atoms with Crippen molar-refractivity contribution in [1.29, 1.82) is 0 Å². The highest BCUT2D eigenvalue weighted by atomic mass is 35.5. The lowest BCUT2D eigenvalue weighted by molar-refractivity contribution is 0.471. The fourth-order valence-electron chi connectivity index (χ4n) is 1.50. The second-order valence-corrected chi connectivity index (χ2v) is 4.47. The predicted molar refractivity (Wildman–Crippen MR) is 68.3 cm³/mol. The molecule has 16 heavy (non-hydrogen) atoms. The van der Waals surface area contributed by atoms with E-state index in [2.05, 4.69) is 0 Å². The monoisotopic (exact) mass is 252 g/mol. The van der Waals surface area contributed by atoms with E-state index in [0.29, 0.717) is 10.0 Å². The molecule has 1 nitrogen and oxygen atoms in total. The number of hydrogen-bond donors (Lipinski definition) is 1. The van der Waals surface area contributed by atoms with Crippen molar-refractivity contribution in [2.45, 2.75) is 6.92 Å². The summed E-state index contributed by atoms with van der Waals surface area (Å²) in [5, 5.41) is 10.9. The summed E-state index contributed by atoms with van der Waals surface area (Å²) in [6.45, 7) is 1.85. The summed E-state index contributed by atoms with van der Waals surface area (Å²) in [5.74, 6) is 0.258. The number of benzene rings is 2. The molecule has 0 aliphatic rings. The molecule has 0 aromatic heterocycles. The quantitative estimate of drug-likeness (QED) is 0.782. The van der Waals surface area contributed by atoms with Crippen molar-refractivity contribution in [2.24, 2.45) is 0 Å². The number of phenolic OH excluding ortho intramolecular Hbond substituents is 1. The van der Waals surface area contributed by atoms with E-state index in [-0.39, 0.29) is 5.75 Å². The number of aryl methyl sites for hydroxylation is 1. The maximum atomic E-state index is 9.65. The molecular weight excluding hydrogens is 243 g/mol. The van der Waals surface area contributed by atoms with Gasteiger partial charge in [0.05, 0.1) is 0 Å². The van der Waals surface area contributed by atoms with Crippen molar-refractivity contribution in [3.05, 3.63) is 52.0 Å². The van der Waals surface area contributed by atoms with E-state index in [0.717, 1.165) is 16.7 Å². The van der Waals surface area contributed by atoms with Crippen molar-refractivity contribution < 1.29 is 5.11 Å². The van der Waals surface area contributed by atoms with Gasteiger partial charge >= 0.3 is 0 Å². The smallest absolute Gasteiger partial charge is 0.119 e. The van der Waals surface area contributed by atoms with E-state index in [4.69, 9.17) is 23.2 Å². The van der Waals surface area contributed by atoms with Gasteiger partial charge in [-0.25, -0.2) is 0 Å². The Bertz CT molecular complexity index is 535. The molecule has 0 aliphatic heterocycles. The average molecular weight is 253 g/mol. The Balaban J connectivity index is 2.58. The standard InChI is InChI=1S/C13H10Cl2O/c1-8-2-3-9(6-13(8)16)11-7-10(14)4-5-12(11)15/h2-7,16H,1H3. The average Bonchev–Trinajstić information content (AvgIpc) is 2.26. The predicted octanol–water partition coefficient (Wildman–Crippen LogP) is 4.67. The van der Waals surface area contributed by atoms with E-state index in [1.54, 1.807) is 24.3 Å². The second kappa shape index (κ2) is 4.36. The van der Waals surface area contributed by atoms with Gasteiger partial charge in [0.15, 0.2) is 0 Å². The number of halogens is 2. The van der Waals surface area contributed by atoms with Crippen LogP contribution in [0.25, 0.3) is 11.1 Å². The Morgan fingerprint density at radius 3 is 2.44 bits per heavy atom. The van der Waals surface area contributed by atoms with Crippen molar-refractivity contribution in [2.75, 3.05) is 0 Å². The van der Waals surface area contributed by atoms with Gasteiger partial charge in [0.25, 0.3) is 0 Å². The van der Waals surface area contributed by atoms with Gasteiger partial charge in [-0.3, -0.25) is 0 Å². The zero-order valence-electron chi connectivity index (χ0n) is 8.67. The van der Waals surface area contributed by atoms with Gasteiger partial charge in [0, 0.05) is 15.6 Å². The molecule has 2 rings (SSSR count). The lowest BCUT2D eigenvalue weighted by Gasteiger charge is -2.07. The lowest BCUT2D eigenvalue weighted by Crippen LogP contribution is -1.82. The molecule has 0 radical (unpaired) electrons. The minimum atomic E-state index is 0.258. The first-order valence-corrected chi connectivity index (χ1v) is 5.58. The van der Waals surface area contributed by atoms with Crippen LogP contribution in [0, 0.1) is 6.92 Å². The van der Waals surface area contributed by atoms with Crippen LogP contribution in [0.1, 0.15) is 5.56 Å². The third-order valence-corrected chi connectivity index (χ3v) is 3.01. The molecular formula is C13H10Cl2O. The van der Waals surface area contributed by atoms with Crippen LogP contribution in [0.15, 0.2) is 36.4 Å². The summed E-state index contributed by atoms with van der Waals surface area (Å²) in [4.78, 5) is 0. The molecule has 0 heterocycles. The minimum Gasteiger partial charge on any atom is -0.508 e. The fraction of sp³-hybridized carbons (Fsp3) is 0.0769. The van der Waals surface area contributed by atoms with Crippen molar-refractivity contribution in [3.8, 4) is 16.9 Å². The number of phenols is 1.